The predicted molar refractivity (Wildman–Crippen MR) is 244 cm³/mol. The molecule has 21 nitrogen and oxygen atoms in total. The van der Waals surface area contributed by atoms with E-state index in [2.05, 4.69) is 6.92 Å². The summed E-state index contributed by atoms with van der Waals surface area (Å²) in [6.45, 7) is 12.2. The highest BCUT2D eigenvalue weighted by Gasteiger charge is 2.57. The summed E-state index contributed by atoms with van der Waals surface area (Å²) in [4.78, 5) is 40.2. The van der Waals surface area contributed by atoms with E-state index in [1.807, 2.05) is 0 Å². The summed E-state index contributed by atoms with van der Waals surface area (Å²) in [5.41, 5.74) is 0.260. The number of fused-ring (bicyclic) bond motifs is 4. The zero-order chi connectivity index (χ0) is 51.4. The molecule has 0 radical (unpaired) electrons. The SMILES string of the molecule is CC=C(C)C(=O)OC1C(C)OC(OC2C(C)OC3OC4C(OC(CO)C(O)C4O)OC4C(OC(CCCCC)CCCCCCCCCC(=O)OC2C3OC(=O)C(C)C)OC(C)C(O)C4O)C(O)C1O. The normalized spacial score (nSPS) is 42.3. The van der Waals surface area contributed by atoms with Crippen LogP contribution in [0.25, 0.3) is 0 Å². The molecule has 0 aromatic heterocycles. The number of hydrogen-bond donors (Lipinski definition) is 7. The third-order valence-corrected chi connectivity index (χ3v) is 13.8. The highest BCUT2D eigenvalue weighted by atomic mass is 16.8. The van der Waals surface area contributed by atoms with Gasteiger partial charge in [0.2, 0.25) is 0 Å². The lowest BCUT2D eigenvalue weighted by molar-refractivity contribution is -0.399. The van der Waals surface area contributed by atoms with Gasteiger partial charge < -0.3 is 87.9 Å². The van der Waals surface area contributed by atoms with Crippen LogP contribution in [0.5, 0.6) is 0 Å². The number of aliphatic hydroxyl groups excluding tert-OH is 7. The fraction of sp³-hybridized carbons (Fsp3) is 0.898. The fourth-order valence-corrected chi connectivity index (χ4v) is 9.27. The summed E-state index contributed by atoms with van der Waals surface area (Å²) in [6, 6.07) is 0. The molecule has 0 aromatic rings. The number of rotatable bonds is 11. The van der Waals surface area contributed by atoms with Crippen molar-refractivity contribution < 1.29 is 102 Å². The Morgan fingerprint density at radius 1 is 0.657 bits per heavy atom. The van der Waals surface area contributed by atoms with E-state index in [-0.39, 0.29) is 18.1 Å². The lowest BCUT2D eigenvalue weighted by atomic mass is 9.95. The number of allylic oxidation sites excluding steroid dienone is 1. The topological polar surface area (TPSA) is 294 Å². The van der Waals surface area contributed by atoms with E-state index in [0.29, 0.717) is 25.7 Å². The molecule has 0 aromatic carbocycles. The van der Waals surface area contributed by atoms with E-state index in [0.717, 1.165) is 51.4 Å². The third-order valence-electron chi connectivity index (χ3n) is 13.8. The summed E-state index contributed by atoms with van der Waals surface area (Å²) >= 11 is 0. The van der Waals surface area contributed by atoms with Gasteiger partial charge in [-0.2, -0.15) is 0 Å². The average molecular weight is 1010 g/mol. The van der Waals surface area contributed by atoms with Gasteiger partial charge >= 0.3 is 17.9 Å². The van der Waals surface area contributed by atoms with Gasteiger partial charge in [-0.25, -0.2) is 4.79 Å². The van der Waals surface area contributed by atoms with Crippen molar-refractivity contribution in [1.29, 1.82) is 0 Å². The smallest absolute Gasteiger partial charge is 0.333 e. The maximum atomic E-state index is 13.9. The molecule has 0 spiro atoms. The van der Waals surface area contributed by atoms with E-state index >= 15 is 0 Å². The second kappa shape index (κ2) is 27.7. The van der Waals surface area contributed by atoms with Crippen LogP contribution in [0.15, 0.2) is 11.6 Å². The zero-order valence-corrected chi connectivity index (χ0v) is 42.0. The van der Waals surface area contributed by atoms with Crippen LogP contribution in [0.4, 0.5) is 0 Å². The molecule has 0 amide bonds. The maximum Gasteiger partial charge on any atom is 0.333 e. The fourth-order valence-electron chi connectivity index (χ4n) is 9.27. The number of ether oxygens (including phenoxy) is 11. The molecule has 21 atom stereocenters. The lowest BCUT2D eigenvalue weighted by Crippen LogP contribution is -2.68. The van der Waals surface area contributed by atoms with E-state index in [1.54, 1.807) is 27.7 Å². The second-order valence-electron chi connectivity index (χ2n) is 19.7. The summed E-state index contributed by atoms with van der Waals surface area (Å²) in [6.07, 6.45) is -19.8. The van der Waals surface area contributed by atoms with E-state index < -0.39 is 153 Å². The molecule has 0 saturated carbocycles. The van der Waals surface area contributed by atoms with Gasteiger partial charge in [0, 0.05) is 12.0 Å². The minimum absolute atomic E-state index is 0.0418. The molecule has 5 rings (SSSR count). The molecule has 404 valence electrons. The van der Waals surface area contributed by atoms with Crippen LogP contribution in [0.2, 0.25) is 0 Å². The molecule has 5 aliphatic heterocycles. The van der Waals surface area contributed by atoms with Crippen molar-refractivity contribution in [3.8, 4) is 0 Å². The Labute approximate surface area is 411 Å². The Morgan fingerprint density at radius 2 is 1.26 bits per heavy atom. The zero-order valence-electron chi connectivity index (χ0n) is 42.0. The van der Waals surface area contributed by atoms with Crippen LogP contribution in [-0.4, -0.2) is 189 Å². The highest BCUT2D eigenvalue weighted by Crippen LogP contribution is 2.38. The van der Waals surface area contributed by atoms with Crippen molar-refractivity contribution in [3.05, 3.63) is 11.6 Å². The van der Waals surface area contributed by atoms with Crippen molar-refractivity contribution in [2.45, 2.75) is 268 Å². The number of aliphatic hydroxyl groups is 7. The Balaban J connectivity index is 1.54. The van der Waals surface area contributed by atoms with Gasteiger partial charge in [0.25, 0.3) is 0 Å². The lowest BCUT2D eigenvalue weighted by Gasteiger charge is -2.50. The molecule has 21 heteroatoms. The summed E-state index contributed by atoms with van der Waals surface area (Å²) in [5, 5.41) is 78.7. The molecule has 5 aliphatic rings. The molecule has 5 saturated heterocycles. The Morgan fingerprint density at radius 3 is 1.90 bits per heavy atom. The first-order valence-electron chi connectivity index (χ1n) is 25.5. The molecule has 5 fully saturated rings. The third kappa shape index (κ3) is 15.1. The maximum absolute atomic E-state index is 13.9. The van der Waals surface area contributed by atoms with Gasteiger partial charge in [-0.3, -0.25) is 9.59 Å². The van der Waals surface area contributed by atoms with Gasteiger partial charge in [-0.1, -0.05) is 84.6 Å². The molecule has 7 N–H and O–H groups in total. The molecule has 5 heterocycles. The number of hydrogen-bond acceptors (Lipinski definition) is 21. The van der Waals surface area contributed by atoms with Gasteiger partial charge in [0.1, 0.15) is 61.0 Å². The number of unbranched alkanes of at least 4 members (excludes halogenated alkanes) is 2. The van der Waals surface area contributed by atoms with Gasteiger partial charge in [0.05, 0.1) is 36.9 Å². The quantitative estimate of drug-likeness (QED) is 0.0675. The minimum Gasteiger partial charge on any atom is -0.455 e. The summed E-state index contributed by atoms with van der Waals surface area (Å²) in [5.74, 6) is -3.00. The number of carbonyl (C=O) groups excluding carboxylic acids is 3. The largest absolute Gasteiger partial charge is 0.455 e. The number of esters is 3. The van der Waals surface area contributed by atoms with Gasteiger partial charge in [0.15, 0.2) is 43.5 Å². The minimum atomic E-state index is -1.92. The van der Waals surface area contributed by atoms with Crippen LogP contribution in [0, 0.1) is 5.92 Å². The van der Waals surface area contributed by atoms with Crippen LogP contribution >= 0.6 is 0 Å². The monoisotopic (exact) mass is 1010 g/mol. The molecule has 21 unspecified atom stereocenters. The Kier molecular flexibility index (Phi) is 23.1. The first-order chi connectivity index (χ1) is 33.3. The van der Waals surface area contributed by atoms with E-state index in [9.17, 15) is 50.1 Å². The van der Waals surface area contributed by atoms with Crippen molar-refractivity contribution in [2.24, 2.45) is 5.92 Å². The molecular formula is C49H82O21. The Hall–Kier alpha value is -2.45. The van der Waals surface area contributed by atoms with Crippen molar-refractivity contribution in [3.63, 3.8) is 0 Å². The standard InChI is InChI=1S/C49H82O21/c1-9-11-17-20-29-21-18-15-13-12-14-16-19-22-31(51)65-42-39(68-46-37(57)36(56)38(27(7)61-46)66-45(59)25(5)10-2)28(8)62-49(43(42)67-44(58)24(3)4)70-41-35(55)33(53)30(23-50)64-48(41)69-40-34(54)32(52)26(6)60-47(40)63-29/h10,24,26-30,32-43,46-50,52-57H,9,11-23H2,1-8H3. The second-order valence-corrected chi connectivity index (χ2v) is 19.7. The molecule has 2 bridgehead atoms. The van der Waals surface area contributed by atoms with Crippen molar-refractivity contribution in [1.82, 2.24) is 0 Å². The number of carbonyl (C=O) groups is 3. The molecule has 70 heavy (non-hydrogen) atoms. The first-order valence-corrected chi connectivity index (χ1v) is 25.5. The first kappa shape index (κ1) is 58.4. The van der Waals surface area contributed by atoms with E-state index in [4.69, 9.17) is 52.1 Å². The van der Waals surface area contributed by atoms with Crippen LogP contribution in [-0.2, 0) is 66.5 Å². The van der Waals surface area contributed by atoms with Gasteiger partial charge in [-0.05, 0) is 53.9 Å². The molecular weight excluding hydrogens is 925 g/mol. The van der Waals surface area contributed by atoms with Gasteiger partial charge in [-0.15, -0.1) is 0 Å². The highest BCUT2D eigenvalue weighted by molar-refractivity contribution is 5.87. The predicted octanol–water partition coefficient (Wildman–Crippen LogP) is 2.11. The van der Waals surface area contributed by atoms with Crippen LogP contribution in [0.3, 0.4) is 0 Å². The molecule has 0 aliphatic carbocycles. The van der Waals surface area contributed by atoms with Crippen molar-refractivity contribution in [2.75, 3.05) is 6.61 Å². The van der Waals surface area contributed by atoms with Crippen LogP contribution in [0.1, 0.15) is 139 Å². The van der Waals surface area contributed by atoms with Crippen molar-refractivity contribution >= 4 is 17.9 Å². The summed E-state index contributed by atoms with van der Waals surface area (Å²) in [7, 11) is 0. The Bertz CT molecular complexity index is 1650. The van der Waals surface area contributed by atoms with E-state index in [1.165, 1.54) is 26.8 Å². The average Bonchev–Trinajstić information content (AvgIpc) is 3.32. The summed E-state index contributed by atoms with van der Waals surface area (Å²) < 4.78 is 68.0. The van der Waals surface area contributed by atoms with Crippen LogP contribution < -0.4 is 0 Å².